The van der Waals surface area contributed by atoms with Crippen molar-refractivity contribution in [1.82, 2.24) is 4.90 Å². The fraction of sp³-hybridized carbons (Fsp3) is 0.818. The summed E-state index contributed by atoms with van der Waals surface area (Å²) in [5.74, 6) is -0.168. The molecule has 0 rings (SSSR count). The first-order valence-electron chi connectivity index (χ1n) is 5.76. The predicted molar refractivity (Wildman–Crippen MR) is 69.4 cm³/mol. The number of nitrogens with zero attached hydrogens (tertiary/aromatic N) is 1. The van der Waals surface area contributed by atoms with Crippen molar-refractivity contribution in [3.63, 3.8) is 0 Å². The van der Waals surface area contributed by atoms with Crippen LogP contribution in [-0.2, 0) is 9.53 Å². The van der Waals surface area contributed by atoms with Crippen molar-refractivity contribution < 1.29 is 9.53 Å². The number of likely N-dealkylation sites (N-methyl/N-ethyl adjacent to an activating group) is 1. The van der Waals surface area contributed by atoms with Crippen LogP contribution in [0, 0.1) is 0 Å². The first-order valence-corrected chi connectivity index (χ1v) is 6.17. The lowest BCUT2D eigenvalue weighted by molar-refractivity contribution is -0.145. The van der Waals surface area contributed by atoms with Crippen LogP contribution in [0.4, 0.5) is 0 Å². The van der Waals surface area contributed by atoms with Gasteiger partial charge in [0.05, 0.1) is 18.1 Å². The SMILES string of the molecule is CCCCOC(=O)CN(CC)CCC(N)=S. The van der Waals surface area contributed by atoms with Crippen LogP contribution in [0.1, 0.15) is 33.1 Å². The number of carbonyl (C=O) groups is 1. The topological polar surface area (TPSA) is 55.6 Å². The molecule has 0 aliphatic heterocycles. The van der Waals surface area contributed by atoms with Gasteiger partial charge in [0.2, 0.25) is 0 Å². The first-order chi connectivity index (χ1) is 7.60. The highest BCUT2D eigenvalue weighted by Crippen LogP contribution is 1.95. The summed E-state index contributed by atoms with van der Waals surface area (Å²) in [4.78, 5) is 13.9. The molecule has 0 aliphatic rings. The van der Waals surface area contributed by atoms with E-state index in [0.717, 1.165) is 19.4 Å². The van der Waals surface area contributed by atoms with Gasteiger partial charge in [-0.25, -0.2) is 0 Å². The molecule has 0 bridgehead atoms. The molecular formula is C11H22N2O2S. The van der Waals surface area contributed by atoms with E-state index >= 15 is 0 Å². The Hall–Kier alpha value is -0.680. The third-order valence-electron chi connectivity index (χ3n) is 2.24. The van der Waals surface area contributed by atoms with Gasteiger partial charge in [0.1, 0.15) is 0 Å². The van der Waals surface area contributed by atoms with Gasteiger partial charge < -0.3 is 10.5 Å². The lowest BCUT2D eigenvalue weighted by Crippen LogP contribution is -2.33. The molecule has 0 saturated carbocycles. The van der Waals surface area contributed by atoms with Crippen molar-refractivity contribution >= 4 is 23.2 Å². The Morgan fingerprint density at radius 3 is 2.62 bits per heavy atom. The normalized spacial score (nSPS) is 10.4. The number of hydrogen-bond acceptors (Lipinski definition) is 4. The maximum absolute atomic E-state index is 11.4. The molecule has 0 saturated heterocycles. The fourth-order valence-corrected chi connectivity index (χ4v) is 1.27. The third kappa shape index (κ3) is 8.61. The van der Waals surface area contributed by atoms with Gasteiger partial charge in [0.15, 0.2) is 0 Å². The van der Waals surface area contributed by atoms with Crippen LogP contribution in [0.3, 0.4) is 0 Å². The molecule has 0 aromatic carbocycles. The number of unbranched alkanes of at least 4 members (excludes halogenated alkanes) is 1. The standard InChI is InChI=1S/C11H22N2O2S/c1-3-5-8-15-11(14)9-13(4-2)7-6-10(12)16/h3-9H2,1-2H3,(H2,12,16). The molecule has 0 fully saturated rings. The third-order valence-corrected chi connectivity index (χ3v) is 2.44. The molecule has 94 valence electrons. The minimum absolute atomic E-state index is 0.168. The number of hydrogen-bond donors (Lipinski definition) is 1. The lowest BCUT2D eigenvalue weighted by Gasteiger charge is -2.18. The summed E-state index contributed by atoms with van der Waals surface area (Å²) in [5, 5.41) is 0. The molecule has 0 unspecified atom stereocenters. The Morgan fingerprint density at radius 2 is 2.12 bits per heavy atom. The van der Waals surface area contributed by atoms with Gasteiger partial charge in [-0.2, -0.15) is 0 Å². The van der Waals surface area contributed by atoms with E-state index in [4.69, 9.17) is 22.7 Å². The maximum atomic E-state index is 11.4. The summed E-state index contributed by atoms with van der Waals surface area (Å²) < 4.78 is 5.08. The van der Waals surface area contributed by atoms with Crippen molar-refractivity contribution in [2.75, 3.05) is 26.2 Å². The van der Waals surface area contributed by atoms with Crippen LogP contribution in [0.5, 0.6) is 0 Å². The molecule has 2 N–H and O–H groups in total. The predicted octanol–water partition coefficient (Wildman–Crippen LogP) is 1.33. The van der Waals surface area contributed by atoms with E-state index in [9.17, 15) is 4.79 Å². The summed E-state index contributed by atoms with van der Waals surface area (Å²) in [6.07, 6.45) is 2.60. The van der Waals surface area contributed by atoms with Gasteiger partial charge in [-0.3, -0.25) is 9.69 Å². The minimum atomic E-state index is -0.168. The smallest absolute Gasteiger partial charge is 0.320 e. The van der Waals surface area contributed by atoms with Crippen molar-refractivity contribution in [3.05, 3.63) is 0 Å². The van der Waals surface area contributed by atoms with Crippen molar-refractivity contribution in [2.45, 2.75) is 33.1 Å². The fourth-order valence-electron chi connectivity index (χ4n) is 1.18. The second-order valence-corrected chi connectivity index (χ2v) is 4.18. The zero-order valence-electron chi connectivity index (χ0n) is 10.2. The summed E-state index contributed by atoms with van der Waals surface area (Å²) in [7, 11) is 0. The van der Waals surface area contributed by atoms with Crippen LogP contribution < -0.4 is 5.73 Å². The minimum Gasteiger partial charge on any atom is -0.465 e. The van der Waals surface area contributed by atoms with E-state index in [1.165, 1.54) is 0 Å². The van der Waals surface area contributed by atoms with Gasteiger partial charge in [0, 0.05) is 13.0 Å². The number of nitrogens with two attached hydrogens (primary N) is 1. The van der Waals surface area contributed by atoms with E-state index in [-0.39, 0.29) is 5.97 Å². The number of ether oxygens (including phenoxy) is 1. The van der Waals surface area contributed by atoms with Crippen molar-refractivity contribution in [2.24, 2.45) is 5.73 Å². The molecule has 4 nitrogen and oxygen atoms in total. The largest absolute Gasteiger partial charge is 0.465 e. The van der Waals surface area contributed by atoms with E-state index in [1.54, 1.807) is 0 Å². The van der Waals surface area contributed by atoms with Gasteiger partial charge >= 0.3 is 5.97 Å². The number of carbonyl (C=O) groups excluding carboxylic acids is 1. The zero-order valence-corrected chi connectivity index (χ0v) is 11.0. The number of rotatable bonds is 9. The summed E-state index contributed by atoms with van der Waals surface area (Å²) in [5.41, 5.74) is 5.41. The van der Waals surface area contributed by atoms with Gasteiger partial charge in [-0.05, 0) is 13.0 Å². The maximum Gasteiger partial charge on any atom is 0.320 e. The number of thiocarbonyl (C=S) groups is 1. The van der Waals surface area contributed by atoms with Crippen LogP contribution in [0.25, 0.3) is 0 Å². The van der Waals surface area contributed by atoms with E-state index < -0.39 is 0 Å². The highest BCUT2D eigenvalue weighted by atomic mass is 32.1. The quantitative estimate of drug-likeness (QED) is 0.378. The number of esters is 1. The first kappa shape index (κ1) is 15.3. The highest BCUT2D eigenvalue weighted by molar-refractivity contribution is 7.80. The van der Waals surface area contributed by atoms with Crippen molar-refractivity contribution in [1.29, 1.82) is 0 Å². The van der Waals surface area contributed by atoms with Gasteiger partial charge in [-0.1, -0.05) is 32.5 Å². The van der Waals surface area contributed by atoms with E-state index in [2.05, 4.69) is 6.92 Å². The molecule has 0 amide bonds. The second-order valence-electron chi connectivity index (χ2n) is 3.66. The zero-order chi connectivity index (χ0) is 12.4. The van der Waals surface area contributed by atoms with Crippen LogP contribution in [0.2, 0.25) is 0 Å². The summed E-state index contributed by atoms with van der Waals surface area (Å²) >= 11 is 4.80. The Labute approximate surface area is 103 Å². The molecule has 16 heavy (non-hydrogen) atoms. The summed E-state index contributed by atoms with van der Waals surface area (Å²) in [6.45, 7) is 6.42. The van der Waals surface area contributed by atoms with Crippen molar-refractivity contribution in [3.8, 4) is 0 Å². The van der Waals surface area contributed by atoms with Crippen LogP contribution in [-0.4, -0.2) is 42.1 Å². The molecule has 0 aromatic heterocycles. The molecule has 0 aliphatic carbocycles. The molecule has 0 heterocycles. The lowest BCUT2D eigenvalue weighted by atomic mass is 10.3. The molecule has 0 aromatic rings. The Bertz CT molecular complexity index is 222. The van der Waals surface area contributed by atoms with Gasteiger partial charge in [-0.15, -0.1) is 0 Å². The monoisotopic (exact) mass is 246 g/mol. The average Bonchev–Trinajstić information content (AvgIpc) is 2.24. The van der Waals surface area contributed by atoms with E-state index in [0.29, 0.717) is 31.1 Å². The average molecular weight is 246 g/mol. The highest BCUT2D eigenvalue weighted by Gasteiger charge is 2.09. The summed E-state index contributed by atoms with van der Waals surface area (Å²) in [6, 6.07) is 0. The molecule has 5 heteroatoms. The second kappa shape index (κ2) is 9.54. The molecule has 0 atom stereocenters. The van der Waals surface area contributed by atoms with E-state index in [1.807, 2.05) is 11.8 Å². The van der Waals surface area contributed by atoms with Crippen LogP contribution >= 0.6 is 12.2 Å². The molecule has 0 spiro atoms. The van der Waals surface area contributed by atoms with Crippen LogP contribution in [0.15, 0.2) is 0 Å². The Morgan fingerprint density at radius 1 is 1.44 bits per heavy atom. The molecule has 0 radical (unpaired) electrons. The van der Waals surface area contributed by atoms with Gasteiger partial charge in [0.25, 0.3) is 0 Å². The Kier molecular flexibility index (Phi) is 9.13. The Balaban J connectivity index is 3.74. The molecular weight excluding hydrogens is 224 g/mol.